The molecule has 1 aliphatic rings. The Morgan fingerprint density at radius 3 is 2.76 bits per heavy atom. The second kappa shape index (κ2) is 5.88. The van der Waals surface area contributed by atoms with Gasteiger partial charge in [0.15, 0.2) is 0 Å². The second-order valence-corrected chi connectivity index (χ2v) is 6.81. The number of nitrogens with zero attached hydrogens (tertiary/aromatic N) is 2. The molecule has 0 saturated heterocycles. The van der Waals surface area contributed by atoms with Crippen LogP contribution >= 0.6 is 0 Å². The number of carbonyl (C=O) groups is 1. The van der Waals surface area contributed by atoms with Gasteiger partial charge in [-0.2, -0.15) is 0 Å². The number of nitrogen functional groups attached to an aromatic ring is 1. The van der Waals surface area contributed by atoms with Crippen LogP contribution in [0.25, 0.3) is 11.1 Å². The number of fused-ring (bicyclic) bond motifs is 1. The number of nitrogens with two attached hydrogens (primary N) is 1. The van der Waals surface area contributed by atoms with Gasteiger partial charge in [0.2, 0.25) is 0 Å². The highest BCUT2D eigenvalue weighted by molar-refractivity contribution is 6.13. The fourth-order valence-electron chi connectivity index (χ4n) is 2.95. The lowest BCUT2D eigenvalue weighted by Gasteiger charge is -2.10. The molecular weight excluding hydrogens is 316 g/mol. The molecule has 1 fully saturated rings. The van der Waals surface area contributed by atoms with Gasteiger partial charge in [-0.05, 0) is 37.0 Å². The SMILES string of the molecule is CC(C)c1noc2nc(C3CC3)cc(C(=O)Nc3ccccc3N)c12. The van der Waals surface area contributed by atoms with Gasteiger partial charge in [0.25, 0.3) is 11.6 Å². The average Bonchev–Trinajstić information content (AvgIpc) is 3.35. The number of benzene rings is 1. The van der Waals surface area contributed by atoms with E-state index in [1.54, 1.807) is 12.1 Å². The van der Waals surface area contributed by atoms with E-state index in [4.69, 9.17) is 10.3 Å². The molecular formula is C19H20N4O2. The molecule has 25 heavy (non-hydrogen) atoms. The predicted octanol–water partition coefficient (Wildman–Crippen LogP) is 4.06. The number of nitrogens with one attached hydrogen (secondary N) is 1. The first-order valence-electron chi connectivity index (χ1n) is 8.50. The minimum absolute atomic E-state index is 0.128. The molecule has 0 radical (unpaired) electrons. The molecule has 3 N–H and O–H groups in total. The summed E-state index contributed by atoms with van der Waals surface area (Å²) in [4.78, 5) is 17.6. The van der Waals surface area contributed by atoms with Crippen LogP contribution in [0.3, 0.4) is 0 Å². The van der Waals surface area contributed by atoms with Crippen LogP contribution in [-0.4, -0.2) is 16.0 Å². The fourth-order valence-corrected chi connectivity index (χ4v) is 2.95. The van der Waals surface area contributed by atoms with Crippen LogP contribution in [0.4, 0.5) is 11.4 Å². The number of amides is 1. The highest BCUT2D eigenvalue weighted by Gasteiger charge is 2.29. The molecule has 1 amide bonds. The van der Waals surface area contributed by atoms with E-state index in [2.05, 4.69) is 15.5 Å². The Morgan fingerprint density at radius 1 is 1.32 bits per heavy atom. The number of hydrogen-bond donors (Lipinski definition) is 2. The zero-order valence-corrected chi connectivity index (χ0v) is 14.2. The van der Waals surface area contributed by atoms with Gasteiger partial charge in [0.05, 0.1) is 28.0 Å². The van der Waals surface area contributed by atoms with E-state index in [0.717, 1.165) is 24.2 Å². The Balaban J connectivity index is 1.82. The summed E-state index contributed by atoms with van der Waals surface area (Å²) in [5.74, 6) is 0.311. The zero-order valence-electron chi connectivity index (χ0n) is 14.2. The van der Waals surface area contributed by atoms with Gasteiger partial charge in [0, 0.05) is 11.6 Å². The van der Waals surface area contributed by atoms with E-state index < -0.39 is 0 Å². The Bertz CT molecular complexity index is 957. The molecule has 1 saturated carbocycles. The van der Waals surface area contributed by atoms with Gasteiger partial charge >= 0.3 is 0 Å². The monoisotopic (exact) mass is 336 g/mol. The first-order valence-corrected chi connectivity index (χ1v) is 8.50. The number of carbonyl (C=O) groups excluding carboxylic acids is 1. The fraction of sp³-hybridized carbons (Fsp3) is 0.316. The highest BCUT2D eigenvalue weighted by Crippen LogP contribution is 2.41. The number of rotatable bonds is 4. The lowest BCUT2D eigenvalue weighted by molar-refractivity contribution is 0.102. The standard InChI is InChI=1S/C19H20N4O2/c1-10(2)17-16-12(18(24)21-14-6-4-3-5-13(14)20)9-15(11-7-8-11)22-19(16)25-23-17/h3-6,9-11H,7-8,20H2,1-2H3,(H,21,24). The van der Waals surface area contributed by atoms with Crippen molar-refractivity contribution in [3.63, 3.8) is 0 Å². The van der Waals surface area contributed by atoms with Crippen LogP contribution in [0.1, 0.15) is 60.3 Å². The van der Waals surface area contributed by atoms with Crippen LogP contribution in [0, 0.1) is 0 Å². The van der Waals surface area contributed by atoms with Crippen molar-refractivity contribution in [1.29, 1.82) is 0 Å². The summed E-state index contributed by atoms with van der Waals surface area (Å²) in [6.07, 6.45) is 2.19. The molecule has 2 aromatic heterocycles. The van der Waals surface area contributed by atoms with Crippen LogP contribution in [0.15, 0.2) is 34.9 Å². The maximum atomic E-state index is 13.0. The number of hydrogen-bond acceptors (Lipinski definition) is 5. The number of pyridine rings is 1. The first kappa shape index (κ1) is 15.6. The second-order valence-electron chi connectivity index (χ2n) is 6.81. The molecule has 6 heteroatoms. The molecule has 128 valence electrons. The van der Waals surface area contributed by atoms with Crippen LogP contribution < -0.4 is 11.1 Å². The van der Waals surface area contributed by atoms with E-state index in [-0.39, 0.29) is 11.8 Å². The Kier molecular flexibility index (Phi) is 3.67. The normalized spacial score (nSPS) is 14.2. The van der Waals surface area contributed by atoms with Crippen molar-refractivity contribution in [3.05, 3.63) is 47.3 Å². The van der Waals surface area contributed by atoms with Crippen molar-refractivity contribution in [3.8, 4) is 0 Å². The summed E-state index contributed by atoms with van der Waals surface area (Å²) in [5.41, 5.74) is 9.68. The summed E-state index contributed by atoms with van der Waals surface area (Å²) >= 11 is 0. The molecule has 0 unspecified atom stereocenters. The van der Waals surface area contributed by atoms with E-state index in [0.29, 0.717) is 34.0 Å². The molecule has 0 spiro atoms. The summed E-state index contributed by atoms with van der Waals surface area (Å²) in [7, 11) is 0. The van der Waals surface area contributed by atoms with Gasteiger partial charge in [-0.15, -0.1) is 0 Å². The quantitative estimate of drug-likeness (QED) is 0.701. The Labute approximate surface area is 145 Å². The topological polar surface area (TPSA) is 94.0 Å². The number of para-hydroxylation sites is 2. The molecule has 4 rings (SSSR count). The predicted molar refractivity (Wildman–Crippen MR) is 96.7 cm³/mol. The molecule has 0 bridgehead atoms. The Morgan fingerprint density at radius 2 is 2.08 bits per heavy atom. The maximum Gasteiger partial charge on any atom is 0.259 e. The average molecular weight is 336 g/mol. The summed E-state index contributed by atoms with van der Waals surface area (Å²) in [5, 5.41) is 7.73. The van der Waals surface area contributed by atoms with Gasteiger partial charge < -0.3 is 15.6 Å². The molecule has 0 atom stereocenters. The maximum absolute atomic E-state index is 13.0. The molecule has 1 aliphatic carbocycles. The minimum atomic E-state index is -0.225. The minimum Gasteiger partial charge on any atom is -0.397 e. The highest BCUT2D eigenvalue weighted by atomic mass is 16.5. The van der Waals surface area contributed by atoms with Crippen molar-refractivity contribution in [2.45, 2.75) is 38.5 Å². The summed E-state index contributed by atoms with van der Waals surface area (Å²) in [6, 6.07) is 9.08. The Hall–Kier alpha value is -2.89. The van der Waals surface area contributed by atoms with Crippen molar-refractivity contribution in [2.24, 2.45) is 0 Å². The van der Waals surface area contributed by atoms with Gasteiger partial charge in [-0.3, -0.25) is 4.79 Å². The van der Waals surface area contributed by atoms with E-state index in [1.807, 2.05) is 32.0 Å². The van der Waals surface area contributed by atoms with Crippen molar-refractivity contribution in [2.75, 3.05) is 11.1 Å². The summed E-state index contributed by atoms with van der Waals surface area (Å²) in [6.45, 7) is 4.03. The van der Waals surface area contributed by atoms with Crippen molar-refractivity contribution >= 4 is 28.4 Å². The van der Waals surface area contributed by atoms with E-state index in [1.165, 1.54) is 0 Å². The number of anilines is 2. The zero-order chi connectivity index (χ0) is 17.6. The smallest absolute Gasteiger partial charge is 0.259 e. The molecule has 6 nitrogen and oxygen atoms in total. The molecule has 2 heterocycles. The van der Waals surface area contributed by atoms with Gasteiger partial charge in [-0.1, -0.05) is 31.1 Å². The molecule has 1 aromatic carbocycles. The van der Waals surface area contributed by atoms with E-state index in [9.17, 15) is 4.79 Å². The van der Waals surface area contributed by atoms with Crippen molar-refractivity contribution < 1.29 is 9.32 Å². The van der Waals surface area contributed by atoms with Gasteiger partial charge in [-0.25, -0.2) is 4.98 Å². The lowest BCUT2D eigenvalue weighted by atomic mass is 10.0. The lowest BCUT2D eigenvalue weighted by Crippen LogP contribution is -2.15. The summed E-state index contributed by atoms with van der Waals surface area (Å²) < 4.78 is 5.43. The largest absolute Gasteiger partial charge is 0.397 e. The molecule has 3 aromatic rings. The molecule has 0 aliphatic heterocycles. The third kappa shape index (κ3) is 2.84. The van der Waals surface area contributed by atoms with Crippen LogP contribution in [0.5, 0.6) is 0 Å². The van der Waals surface area contributed by atoms with Crippen molar-refractivity contribution in [1.82, 2.24) is 10.1 Å². The van der Waals surface area contributed by atoms with Crippen LogP contribution in [0.2, 0.25) is 0 Å². The first-order chi connectivity index (χ1) is 12.0. The van der Waals surface area contributed by atoms with E-state index >= 15 is 0 Å². The third-order valence-corrected chi connectivity index (χ3v) is 4.49. The van der Waals surface area contributed by atoms with Gasteiger partial charge in [0.1, 0.15) is 0 Å². The third-order valence-electron chi connectivity index (χ3n) is 4.49. The van der Waals surface area contributed by atoms with Crippen LogP contribution in [-0.2, 0) is 0 Å². The number of aromatic nitrogens is 2.